The number of carboxylic acid groups (broad SMARTS) is 1. The molecule has 0 aliphatic carbocycles. The number of nitrogens with zero attached hydrogens (tertiary/aromatic N) is 2. The summed E-state index contributed by atoms with van der Waals surface area (Å²) in [7, 11) is 0. The number of hydrogen-bond acceptors (Lipinski definition) is 5. The fraction of sp³-hybridized carbons (Fsp3) is 0.615. The average molecular weight is 283 g/mol. The maximum atomic E-state index is 11.9. The Morgan fingerprint density at radius 3 is 2.35 bits per heavy atom. The molecule has 112 valence electrons. The van der Waals surface area contributed by atoms with Crippen LogP contribution in [-0.2, 0) is 14.9 Å². The molecule has 0 aliphatic rings. The lowest BCUT2D eigenvalue weighted by atomic mass is 9.82. The van der Waals surface area contributed by atoms with Gasteiger partial charge < -0.3 is 15.6 Å². The van der Waals surface area contributed by atoms with Gasteiger partial charge in [-0.3, -0.25) is 4.79 Å². The second-order valence-corrected chi connectivity index (χ2v) is 6.18. The Bertz CT molecular complexity index is 514. The molecule has 0 saturated carbocycles. The van der Waals surface area contributed by atoms with Crippen molar-refractivity contribution >= 4 is 12.1 Å². The first-order chi connectivity index (χ1) is 8.95. The number of nitrogens with two attached hydrogens (primary N) is 1. The van der Waals surface area contributed by atoms with Gasteiger partial charge in [0.05, 0.1) is 5.69 Å². The highest BCUT2D eigenvalue weighted by molar-refractivity contribution is 5.75. The molecule has 1 unspecified atom stereocenters. The Kier molecular flexibility index (Phi) is 4.24. The van der Waals surface area contributed by atoms with Crippen molar-refractivity contribution in [2.75, 3.05) is 0 Å². The van der Waals surface area contributed by atoms with Crippen LogP contribution < -0.4 is 5.73 Å². The van der Waals surface area contributed by atoms with Crippen molar-refractivity contribution in [3.63, 3.8) is 0 Å². The van der Waals surface area contributed by atoms with E-state index < -0.39 is 29.1 Å². The number of aliphatic carboxylic acids is 1. The van der Waals surface area contributed by atoms with Crippen molar-refractivity contribution in [2.24, 2.45) is 5.73 Å². The molecule has 7 heteroatoms. The largest absolute Gasteiger partial charge is 0.480 e. The number of hydrogen-bond donors (Lipinski definition) is 2. The minimum absolute atomic E-state index is 0.415. The van der Waals surface area contributed by atoms with Gasteiger partial charge in [-0.15, -0.1) is 0 Å². The third-order valence-corrected chi connectivity index (χ3v) is 2.89. The van der Waals surface area contributed by atoms with Crippen LogP contribution in [0.15, 0.2) is 12.5 Å². The molecule has 1 aromatic rings. The highest BCUT2D eigenvalue weighted by Gasteiger charge is 2.36. The summed E-state index contributed by atoms with van der Waals surface area (Å²) in [4.78, 5) is 26.9. The standard InChI is InChI=1S/C13H21N3O4/c1-12(2,3)20-11(19)16-6-8(15-7-16)13(4,5)9(14)10(17)18/h6-7,9H,14H2,1-5H3,(H,17,18). The van der Waals surface area contributed by atoms with Crippen LogP contribution in [-0.4, -0.2) is 38.4 Å². The molecular weight excluding hydrogens is 262 g/mol. The molecule has 0 radical (unpaired) electrons. The third kappa shape index (κ3) is 3.57. The van der Waals surface area contributed by atoms with Crippen molar-refractivity contribution in [3.05, 3.63) is 18.2 Å². The number of rotatable bonds is 3. The number of carbonyl (C=O) groups is 2. The summed E-state index contributed by atoms with van der Waals surface area (Å²) < 4.78 is 6.37. The van der Waals surface area contributed by atoms with Gasteiger partial charge >= 0.3 is 12.1 Å². The van der Waals surface area contributed by atoms with Crippen LogP contribution in [0.4, 0.5) is 4.79 Å². The topological polar surface area (TPSA) is 107 Å². The van der Waals surface area contributed by atoms with E-state index in [9.17, 15) is 9.59 Å². The van der Waals surface area contributed by atoms with Gasteiger partial charge in [0.2, 0.25) is 0 Å². The normalized spacial score (nSPS) is 13.9. The fourth-order valence-electron chi connectivity index (χ4n) is 1.54. The molecule has 0 aromatic carbocycles. The van der Waals surface area contributed by atoms with Crippen LogP contribution in [0.3, 0.4) is 0 Å². The van der Waals surface area contributed by atoms with Crippen LogP contribution in [0.5, 0.6) is 0 Å². The Labute approximate surface area is 117 Å². The van der Waals surface area contributed by atoms with Crippen molar-refractivity contribution in [3.8, 4) is 0 Å². The van der Waals surface area contributed by atoms with Crippen LogP contribution in [0.1, 0.15) is 40.3 Å². The fourth-order valence-corrected chi connectivity index (χ4v) is 1.54. The highest BCUT2D eigenvalue weighted by atomic mass is 16.6. The molecule has 1 aromatic heterocycles. The van der Waals surface area contributed by atoms with Crippen LogP contribution in [0.2, 0.25) is 0 Å². The Balaban J connectivity index is 2.98. The summed E-state index contributed by atoms with van der Waals surface area (Å²) in [5.41, 5.74) is 4.54. The molecule has 1 atom stereocenters. The van der Waals surface area contributed by atoms with Gasteiger partial charge in [0.15, 0.2) is 0 Å². The lowest BCUT2D eigenvalue weighted by Crippen LogP contribution is -2.47. The number of carbonyl (C=O) groups excluding carboxylic acids is 1. The quantitative estimate of drug-likeness (QED) is 0.867. The molecule has 1 heterocycles. The van der Waals surface area contributed by atoms with Gasteiger partial charge in [-0.25, -0.2) is 14.3 Å². The van der Waals surface area contributed by atoms with Crippen molar-refractivity contribution < 1.29 is 19.4 Å². The predicted octanol–water partition coefficient (Wildman–Crippen LogP) is 1.36. The minimum atomic E-state index is -1.12. The molecule has 0 bridgehead atoms. The predicted molar refractivity (Wildman–Crippen MR) is 72.5 cm³/mol. The first-order valence-electron chi connectivity index (χ1n) is 6.21. The molecular formula is C13H21N3O4. The van der Waals surface area contributed by atoms with Crippen molar-refractivity contribution in [1.82, 2.24) is 9.55 Å². The number of ether oxygens (including phenoxy) is 1. The van der Waals surface area contributed by atoms with Crippen molar-refractivity contribution in [1.29, 1.82) is 0 Å². The molecule has 7 nitrogen and oxygen atoms in total. The van der Waals surface area contributed by atoms with E-state index in [-0.39, 0.29) is 0 Å². The van der Waals surface area contributed by atoms with E-state index in [4.69, 9.17) is 15.6 Å². The average Bonchev–Trinajstić information content (AvgIpc) is 2.75. The smallest absolute Gasteiger partial charge is 0.419 e. The molecule has 0 fully saturated rings. The van der Waals surface area contributed by atoms with Gasteiger partial charge in [-0.2, -0.15) is 0 Å². The monoisotopic (exact) mass is 283 g/mol. The van der Waals surface area contributed by atoms with E-state index in [1.807, 2.05) is 0 Å². The summed E-state index contributed by atoms with van der Waals surface area (Å²) in [5.74, 6) is -1.12. The zero-order chi connectivity index (χ0) is 15.7. The Morgan fingerprint density at radius 1 is 1.35 bits per heavy atom. The maximum Gasteiger partial charge on any atom is 0.419 e. The third-order valence-electron chi connectivity index (χ3n) is 2.89. The number of carboxylic acids is 1. The number of imidazole rings is 1. The lowest BCUT2D eigenvalue weighted by Gasteiger charge is -2.26. The van der Waals surface area contributed by atoms with Gasteiger partial charge in [0.25, 0.3) is 0 Å². The van der Waals surface area contributed by atoms with Crippen molar-refractivity contribution in [2.45, 2.75) is 51.7 Å². The molecule has 20 heavy (non-hydrogen) atoms. The number of aromatic nitrogens is 2. The first-order valence-corrected chi connectivity index (χ1v) is 6.21. The molecule has 0 spiro atoms. The Hall–Kier alpha value is -1.89. The van der Waals surface area contributed by atoms with Crippen LogP contribution in [0, 0.1) is 0 Å². The van der Waals surface area contributed by atoms with E-state index in [0.717, 1.165) is 0 Å². The summed E-state index contributed by atoms with van der Waals surface area (Å²) in [5, 5.41) is 9.00. The lowest BCUT2D eigenvalue weighted by molar-refractivity contribution is -0.140. The second-order valence-electron chi connectivity index (χ2n) is 6.18. The van der Waals surface area contributed by atoms with E-state index in [2.05, 4.69) is 4.98 Å². The highest BCUT2D eigenvalue weighted by Crippen LogP contribution is 2.25. The first kappa shape index (κ1) is 16.2. The SMILES string of the molecule is CC(C)(C)OC(=O)n1cnc(C(C)(C)C(N)C(=O)O)c1. The summed E-state index contributed by atoms with van der Waals surface area (Å²) in [6.07, 6.45) is 2.16. The molecule has 0 aliphatic heterocycles. The van der Waals surface area contributed by atoms with Crippen LogP contribution >= 0.6 is 0 Å². The van der Waals surface area contributed by atoms with Crippen LogP contribution in [0.25, 0.3) is 0 Å². The summed E-state index contributed by atoms with van der Waals surface area (Å²) >= 11 is 0. The second kappa shape index (κ2) is 5.24. The van der Waals surface area contributed by atoms with Gasteiger partial charge in [0.1, 0.15) is 18.0 Å². The van der Waals surface area contributed by atoms with Gasteiger partial charge in [-0.1, -0.05) is 13.8 Å². The van der Waals surface area contributed by atoms with E-state index >= 15 is 0 Å². The van der Waals surface area contributed by atoms with Gasteiger partial charge in [0, 0.05) is 11.6 Å². The molecule has 0 amide bonds. The molecule has 0 saturated heterocycles. The van der Waals surface area contributed by atoms with Gasteiger partial charge in [-0.05, 0) is 20.8 Å². The zero-order valence-corrected chi connectivity index (χ0v) is 12.4. The zero-order valence-electron chi connectivity index (χ0n) is 12.4. The van der Waals surface area contributed by atoms with E-state index in [1.165, 1.54) is 17.1 Å². The maximum absolute atomic E-state index is 11.9. The molecule has 3 N–H and O–H groups in total. The minimum Gasteiger partial charge on any atom is -0.480 e. The van der Waals surface area contributed by atoms with E-state index in [0.29, 0.717) is 5.69 Å². The Morgan fingerprint density at radius 2 is 1.90 bits per heavy atom. The molecule has 1 rings (SSSR count). The summed E-state index contributed by atoms with van der Waals surface area (Å²) in [6, 6.07) is -1.12. The van der Waals surface area contributed by atoms with E-state index in [1.54, 1.807) is 34.6 Å². The summed E-state index contributed by atoms with van der Waals surface area (Å²) in [6.45, 7) is 8.59.